The number of hydrogen-bond donors (Lipinski definition) is 1. The molecule has 0 spiro atoms. The van der Waals surface area contributed by atoms with E-state index in [4.69, 9.17) is 11.6 Å². The van der Waals surface area contributed by atoms with Crippen molar-refractivity contribution in [2.45, 2.75) is 18.9 Å². The lowest BCUT2D eigenvalue weighted by Gasteiger charge is -2.47. The second-order valence-electron chi connectivity index (χ2n) is 6.50. The van der Waals surface area contributed by atoms with Crippen LogP contribution in [0.5, 0.6) is 0 Å². The number of nitriles is 1. The number of halogens is 1. The molecule has 0 aliphatic carbocycles. The fraction of sp³-hybridized carbons (Fsp3) is 0.375. The van der Waals surface area contributed by atoms with E-state index in [-0.39, 0.29) is 25.3 Å². The Bertz CT molecular complexity index is 1160. The van der Waals surface area contributed by atoms with E-state index < -0.39 is 15.6 Å². The van der Waals surface area contributed by atoms with Crippen LogP contribution in [-0.4, -0.2) is 56.3 Å². The summed E-state index contributed by atoms with van der Waals surface area (Å²) in [6.45, 7) is 2.06. The van der Waals surface area contributed by atoms with Crippen LogP contribution in [0.2, 0.25) is 5.15 Å². The number of fused-ring (bicyclic) bond motifs is 1. The molecule has 0 bridgehead atoms. The molecule has 0 aromatic carbocycles. The van der Waals surface area contributed by atoms with Crippen molar-refractivity contribution in [2.75, 3.05) is 18.8 Å². The first-order valence-corrected chi connectivity index (χ1v) is 10.3. The number of rotatable bonds is 5. The van der Waals surface area contributed by atoms with E-state index in [1.165, 1.54) is 10.6 Å². The summed E-state index contributed by atoms with van der Waals surface area (Å²) in [5, 5.41) is 14.9. The summed E-state index contributed by atoms with van der Waals surface area (Å²) in [6, 6.07) is 3.89. The Hall–Kier alpha value is -2.48. The molecule has 0 radical (unpaired) electrons. The van der Waals surface area contributed by atoms with Crippen LogP contribution in [-0.2, 0) is 15.6 Å². The van der Waals surface area contributed by atoms with Crippen molar-refractivity contribution in [1.29, 1.82) is 5.26 Å². The summed E-state index contributed by atoms with van der Waals surface area (Å²) in [6.07, 6.45) is 5.04. The van der Waals surface area contributed by atoms with Crippen LogP contribution in [0, 0.1) is 11.3 Å². The lowest BCUT2D eigenvalue weighted by atomic mass is 9.89. The number of aromatic nitrogens is 5. The molecule has 11 heteroatoms. The van der Waals surface area contributed by atoms with Gasteiger partial charge in [-0.2, -0.15) is 14.7 Å². The number of aromatic amines is 1. The van der Waals surface area contributed by atoms with E-state index in [0.717, 1.165) is 10.9 Å². The second kappa shape index (κ2) is 6.30. The average molecular weight is 406 g/mol. The molecule has 4 heterocycles. The van der Waals surface area contributed by atoms with Gasteiger partial charge in [0.1, 0.15) is 22.7 Å². The predicted octanol–water partition coefficient (Wildman–Crippen LogP) is 1.75. The smallest absolute Gasteiger partial charge is 0.213 e. The molecule has 1 aliphatic heterocycles. The molecular formula is C16H16ClN7O2S. The van der Waals surface area contributed by atoms with Crippen LogP contribution in [0.3, 0.4) is 0 Å². The Morgan fingerprint density at radius 2 is 2.19 bits per heavy atom. The Morgan fingerprint density at radius 1 is 1.41 bits per heavy atom. The van der Waals surface area contributed by atoms with Gasteiger partial charge in [0.05, 0.1) is 30.1 Å². The Kier molecular flexibility index (Phi) is 4.18. The molecule has 3 aromatic rings. The van der Waals surface area contributed by atoms with Gasteiger partial charge in [-0.3, -0.25) is 4.68 Å². The van der Waals surface area contributed by atoms with Crippen molar-refractivity contribution < 1.29 is 8.42 Å². The third-order valence-corrected chi connectivity index (χ3v) is 6.82. The quantitative estimate of drug-likeness (QED) is 0.690. The Balaban J connectivity index is 1.70. The summed E-state index contributed by atoms with van der Waals surface area (Å²) in [5.74, 6) is 0.0349. The number of sulfonamides is 1. The lowest BCUT2D eigenvalue weighted by molar-refractivity contribution is 0.0719. The van der Waals surface area contributed by atoms with Crippen molar-refractivity contribution in [2.24, 2.45) is 0 Å². The first kappa shape index (κ1) is 17.9. The van der Waals surface area contributed by atoms with Gasteiger partial charge in [0.2, 0.25) is 10.0 Å². The molecule has 9 nitrogen and oxygen atoms in total. The van der Waals surface area contributed by atoms with Crippen molar-refractivity contribution in [3.63, 3.8) is 0 Å². The maximum atomic E-state index is 12.1. The van der Waals surface area contributed by atoms with E-state index in [9.17, 15) is 13.7 Å². The van der Waals surface area contributed by atoms with Gasteiger partial charge in [0.15, 0.2) is 0 Å². The first-order chi connectivity index (χ1) is 12.9. The normalized spacial score (nSPS) is 16.9. The van der Waals surface area contributed by atoms with Gasteiger partial charge in [-0.15, -0.1) is 0 Å². The highest BCUT2D eigenvalue weighted by molar-refractivity contribution is 7.89. The highest BCUT2D eigenvalue weighted by Crippen LogP contribution is 2.36. The topological polar surface area (TPSA) is 121 Å². The molecular weight excluding hydrogens is 390 g/mol. The summed E-state index contributed by atoms with van der Waals surface area (Å²) < 4.78 is 27.2. The maximum absolute atomic E-state index is 12.1. The SMILES string of the molecule is CCS(=O)(=O)N1CC(CC#N)(n2cc(-c3ncnc4[nH]c(Cl)cc34)cn2)C1. The Labute approximate surface area is 160 Å². The number of nitrogens with zero attached hydrogens (tertiary/aromatic N) is 6. The van der Waals surface area contributed by atoms with Gasteiger partial charge in [0, 0.05) is 30.2 Å². The van der Waals surface area contributed by atoms with Crippen LogP contribution in [0.25, 0.3) is 22.3 Å². The molecule has 1 fully saturated rings. The van der Waals surface area contributed by atoms with Gasteiger partial charge in [0.25, 0.3) is 0 Å². The summed E-state index contributed by atoms with van der Waals surface area (Å²) in [4.78, 5) is 11.4. The minimum Gasteiger partial charge on any atom is -0.330 e. The largest absolute Gasteiger partial charge is 0.330 e. The van der Waals surface area contributed by atoms with E-state index in [1.807, 2.05) is 0 Å². The molecule has 3 aromatic heterocycles. The van der Waals surface area contributed by atoms with Gasteiger partial charge in [-0.1, -0.05) is 11.6 Å². The molecule has 1 N–H and O–H groups in total. The number of hydrogen-bond acceptors (Lipinski definition) is 6. The average Bonchev–Trinajstić information content (AvgIpc) is 3.23. The van der Waals surface area contributed by atoms with Gasteiger partial charge >= 0.3 is 0 Å². The molecule has 4 rings (SSSR count). The standard InChI is InChI=1S/C16H16ClN7O2S/c1-2-27(25,26)23-8-16(9-23,3-4-18)24-7-11(6-21-24)14-12-5-13(17)22-15(12)20-10-19-14/h5-7,10H,2-3,8-9H2,1H3,(H,19,20,22). The zero-order valence-corrected chi connectivity index (χ0v) is 16.0. The monoisotopic (exact) mass is 405 g/mol. The number of nitrogens with one attached hydrogen (secondary N) is 1. The van der Waals surface area contributed by atoms with E-state index in [0.29, 0.717) is 16.5 Å². The fourth-order valence-electron chi connectivity index (χ4n) is 3.32. The summed E-state index contributed by atoms with van der Waals surface area (Å²) in [5.41, 5.74) is 1.36. The molecule has 0 unspecified atom stereocenters. The van der Waals surface area contributed by atoms with Crippen molar-refractivity contribution in [1.82, 2.24) is 29.0 Å². The lowest BCUT2D eigenvalue weighted by Crippen LogP contribution is -2.64. The summed E-state index contributed by atoms with van der Waals surface area (Å²) >= 11 is 6.02. The van der Waals surface area contributed by atoms with Gasteiger partial charge < -0.3 is 4.98 Å². The summed E-state index contributed by atoms with van der Waals surface area (Å²) in [7, 11) is -3.29. The molecule has 0 amide bonds. The molecule has 0 saturated carbocycles. The van der Waals surface area contributed by atoms with Crippen LogP contribution >= 0.6 is 11.6 Å². The van der Waals surface area contributed by atoms with E-state index >= 15 is 0 Å². The molecule has 1 saturated heterocycles. The van der Waals surface area contributed by atoms with Crippen molar-refractivity contribution in [3.05, 3.63) is 29.9 Å². The predicted molar refractivity (Wildman–Crippen MR) is 99.4 cm³/mol. The zero-order valence-electron chi connectivity index (χ0n) is 14.4. The Morgan fingerprint density at radius 3 is 2.89 bits per heavy atom. The molecule has 0 atom stereocenters. The van der Waals surface area contributed by atoms with E-state index in [1.54, 1.807) is 30.1 Å². The van der Waals surface area contributed by atoms with Gasteiger partial charge in [-0.05, 0) is 13.0 Å². The third-order valence-electron chi connectivity index (χ3n) is 4.84. The second-order valence-corrected chi connectivity index (χ2v) is 9.17. The van der Waals surface area contributed by atoms with Crippen LogP contribution in [0.15, 0.2) is 24.8 Å². The molecule has 1 aliphatic rings. The highest BCUT2D eigenvalue weighted by atomic mass is 35.5. The van der Waals surface area contributed by atoms with Crippen LogP contribution < -0.4 is 0 Å². The van der Waals surface area contributed by atoms with Crippen molar-refractivity contribution in [3.8, 4) is 17.3 Å². The zero-order chi connectivity index (χ0) is 19.2. The molecule has 140 valence electrons. The maximum Gasteiger partial charge on any atom is 0.213 e. The van der Waals surface area contributed by atoms with E-state index in [2.05, 4.69) is 26.1 Å². The first-order valence-electron chi connectivity index (χ1n) is 8.28. The van der Waals surface area contributed by atoms with Crippen LogP contribution in [0.1, 0.15) is 13.3 Å². The number of H-pyrrole nitrogens is 1. The van der Waals surface area contributed by atoms with Crippen LogP contribution in [0.4, 0.5) is 0 Å². The minimum absolute atomic E-state index is 0.0349. The third kappa shape index (κ3) is 2.88. The molecule has 27 heavy (non-hydrogen) atoms. The minimum atomic E-state index is -3.29. The highest BCUT2D eigenvalue weighted by Gasteiger charge is 2.49. The van der Waals surface area contributed by atoms with Gasteiger partial charge in [-0.25, -0.2) is 18.4 Å². The van der Waals surface area contributed by atoms with Crippen molar-refractivity contribution >= 4 is 32.7 Å². The fourth-order valence-corrected chi connectivity index (χ4v) is 4.75.